The van der Waals surface area contributed by atoms with Gasteiger partial charge in [-0.2, -0.15) is 0 Å². The summed E-state index contributed by atoms with van der Waals surface area (Å²) in [5, 5.41) is 0. The number of benzene rings is 1. The van der Waals surface area contributed by atoms with Gasteiger partial charge < -0.3 is 9.29 Å². The summed E-state index contributed by atoms with van der Waals surface area (Å²) in [6.07, 6.45) is 1.83. The molecular formula is C12H17NaO4S. The molecule has 1 aromatic carbocycles. The van der Waals surface area contributed by atoms with Gasteiger partial charge >= 0.3 is 29.6 Å². The van der Waals surface area contributed by atoms with E-state index in [1.165, 1.54) is 5.56 Å². The Labute approximate surface area is 131 Å². The van der Waals surface area contributed by atoms with Crippen LogP contribution in [-0.2, 0) is 21.3 Å². The van der Waals surface area contributed by atoms with Crippen molar-refractivity contribution in [1.82, 2.24) is 0 Å². The maximum absolute atomic E-state index is 10.3. The van der Waals surface area contributed by atoms with Crippen molar-refractivity contribution in [3.05, 3.63) is 35.9 Å². The molecule has 0 aliphatic heterocycles. The van der Waals surface area contributed by atoms with Gasteiger partial charge in [0, 0.05) is 12.4 Å². The fourth-order valence-electron chi connectivity index (χ4n) is 1.42. The van der Waals surface area contributed by atoms with E-state index in [0.29, 0.717) is 26.1 Å². The molecule has 96 valence electrons. The number of hydrogen-bond acceptors (Lipinski definition) is 4. The molecule has 0 heterocycles. The van der Waals surface area contributed by atoms with Gasteiger partial charge in [-0.1, -0.05) is 30.3 Å². The molecule has 18 heavy (non-hydrogen) atoms. The first kappa shape index (κ1) is 18.1. The maximum atomic E-state index is 10.3. The van der Waals surface area contributed by atoms with Crippen LogP contribution in [0.15, 0.2) is 30.3 Å². The van der Waals surface area contributed by atoms with Crippen molar-refractivity contribution < 1.29 is 47.3 Å². The van der Waals surface area contributed by atoms with Crippen molar-refractivity contribution in [2.45, 2.75) is 19.3 Å². The molecule has 0 aromatic heterocycles. The molecule has 0 fully saturated rings. The van der Waals surface area contributed by atoms with Crippen LogP contribution in [0.5, 0.6) is 0 Å². The first-order valence-electron chi connectivity index (χ1n) is 5.63. The van der Waals surface area contributed by atoms with Gasteiger partial charge in [-0.3, -0.25) is 0 Å². The van der Waals surface area contributed by atoms with Gasteiger partial charge in [-0.05, 0) is 24.8 Å². The Bertz CT molecular complexity index is 405. The minimum atomic E-state index is -4.07. The van der Waals surface area contributed by atoms with E-state index in [1.54, 1.807) is 0 Å². The Morgan fingerprint density at radius 1 is 1.06 bits per heavy atom. The van der Waals surface area contributed by atoms with E-state index in [0.717, 1.165) is 6.42 Å². The molecule has 1 rings (SSSR count). The largest absolute Gasteiger partial charge is 1.00 e. The zero-order valence-electron chi connectivity index (χ0n) is 10.7. The molecule has 0 spiro atoms. The standard InChI is InChI=1S/C12H18O4S.Na/c13-17(14,15)11-5-4-9-16-10-8-12-6-2-1-3-7-12;/h1-3,6-7H,4-5,8-11H2,(H,13,14,15);/q;+1/p-1. The molecule has 0 saturated heterocycles. The Morgan fingerprint density at radius 2 is 1.72 bits per heavy atom. The first-order valence-corrected chi connectivity index (χ1v) is 7.21. The summed E-state index contributed by atoms with van der Waals surface area (Å²) in [5.74, 6) is -0.297. The fourth-order valence-corrected chi connectivity index (χ4v) is 1.98. The zero-order chi connectivity index (χ0) is 12.6. The third-order valence-electron chi connectivity index (χ3n) is 2.31. The van der Waals surface area contributed by atoms with Crippen LogP contribution in [0, 0.1) is 0 Å². The molecule has 6 heteroatoms. The predicted octanol–water partition coefficient (Wildman–Crippen LogP) is -1.42. The van der Waals surface area contributed by atoms with Crippen LogP contribution in [0.2, 0.25) is 0 Å². The smallest absolute Gasteiger partial charge is 0.748 e. The summed E-state index contributed by atoms with van der Waals surface area (Å²) >= 11 is 0. The van der Waals surface area contributed by atoms with Gasteiger partial charge in [-0.25, -0.2) is 8.42 Å². The number of ether oxygens (including phenoxy) is 1. The van der Waals surface area contributed by atoms with Crippen LogP contribution >= 0.6 is 0 Å². The monoisotopic (exact) mass is 280 g/mol. The third kappa shape index (κ3) is 10.1. The first-order chi connectivity index (χ1) is 8.08. The summed E-state index contributed by atoms with van der Waals surface area (Å²) in [6, 6.07) is 10.00. The van der Waals surface area contributed by atoms with Crippen molar-refractivity contribution in [3.63, 3.8) is 0 Å². The van der Waals surface area contributed by atoms with Gasteiger partial charge in [0.15, 0.2) is 0 Å². The quantitative estimate of drug-likeness (QED) is 0.333. The van der Waals surface area contributed by atoms with Crippen LogP contribution in [0.25, 0.3) is 0 Å². The van der Waals surface area contributed by atoms with Gasteiger partial charge in [-0.15, -0.1) is 0 Å². The van der Waals surface area contributed by atoms with Crippen LogP contribution < -0.4 is 29.6 Å². The molecule has 0 N–H and O–H groups in total. The van der Waals surface area contributed by atoms with Crippen LogP contribution in [-0.4, -0.2) is 31.9 Å². The zero-order valence-corrected chi connectivity index (χ0v) is 13.5. The average molecular weight is 280 g/mol. The Balaban J connectivity index is 0.00000289. The van der Waals surface area contributed by atoms with Crippen molar-refractivity contribution in [2.75, 3.05) is 19.0 Å². The normalized spacial score (nSPS) is 10.9. The third-order valence-corrected chi connectivity index (χ3v) is 3.10. The molecule has 1 aromatic rings. The second-order valence-electron chi connectivity index (χ2n) is 3.82. The second-order valence-corrected chi connectivity index (χ2v) is 5.34. The molecular weight excluding hydrogens is 263 g/mol. The van der Waals surface area contributed by atoms with Crippen LogP contribution in [0.4, 0.5) is 0 Å². The van der Waals surface area contributed by atoms with Gasteiger partial charge in [0.1, 0.15) is 0 Å². The number of rotatable bonds is 8. The van der Waals surface area contributed by atoms with Crippen LogP contribution in [0.1, 0.15) is 18.4 Å². The summed E-state index contributed by atoms with van der Waals surface area (Å²) in [4.78, 5) is 0. The Morgan fingerprint density at radius 3 is 2.33 bits per heavy atom. The Hall–Kier alpha value is 0.0900. The summed E-state index contributed by atoms with van der Waals surface area (Å²) in [5.41, 5.74) is 1.22. The SMILES string of the molecule is O=S(=O)([O-])CCCCOCCc1ccccc1.[Na+]. The molecule has 0 aliphatic carbocycles. The van der Waals surface area contributed by atoms with Crippen molar-refractivity contribution >= 4 is 10.1 Å². The van der Waals surface area contributed by atoms with Crippen LogP contribution in [0.3, 0.4) is 0 Å². The van der Waals surface area contributed by atoms with Gasteiger partial charge in [0.05, 0.1) is 16.7 Å². The number of hydrogen-bond donors (Lipinski definition) is 0. The Kier molecular flexibility index (Phi) is 10.00. The average Bonchev–Trinajstić information content (AvgIpc) is 2.28. The topological polar surface area (TPSA) is 66.4 Å². The van der Waals surface area contributed by atoms with E-state index in [4.69, 9.17) is 4.74 Å². The molecule has 0 unspecified atom stereocenters. The second kappa shape index (κ2) is 9.95. The molecule has 0 saturated carbocycles. The predicted molar refractivity (Wildman–Crippen MR) is 64.8 cm³/mol. The van der Waals surface area contributed by atoms with E-state index in [-0.39, 0.29) is 35.3 Å². The van der Waals surface area contributed by atoms with E-state index < -0.39 is 10.1 Å². The van der Waals surface area contributed by atoms with E-state index in [9.17, 15) is 13.0 Å². The molecule has 0 atom stereocenters. The molecule has 4 nitrogen and oxygen atoms in total. The summed E-state index contributed by atoms with van der Waals surface area (Å²) < 4.78 is 36.3. The summed E-state index contributed by atoms with van der Waals surface area (Å²) in [6.45, 7) is 1.12. The van der Waals surface area contributed by atoms with E-state index in [1.807, 2.05) is 30.3 Å². The van der Waals surface area contributed by atoms with E-state index >= 15 is 0 Å². The van der Waals surface area contributed by atoms with E-state index in [2.05, 4.69) is 0 Å². The number of unbranched alkanes of at least 4 members (excludes halogenated alkanes) is 1. The molecule has 0 bridgehead atoms. The minimum Gasteiger partial charge on any atom is -0.748 e. The fraction of sp³-hybridized carbons (Fsp3) is 0.500. The van der Waals surface area contributed by atoms with Crippen molar-refractivity contribution in [1.29, 1.82) is 0 Å². The minimum absolute atomic E-state index is 0. The van der Waals surface area contributed by atoms with Crippen molar-refractivity contribution in [3.8, 4) is 0 Å². The molecule has 0 radical (unpaired) electrons. The van der Waals surface area contributed by atoms with Gasteiger partial charge in [0.25, 0.3) is 0 Å². The molecule has 0 amide bonds. The molecule has 0 aliphatic rings. The summed E-state index contributed by atoms with van der Waals surface area (Å²) in [7, 11) is -4.07. The van der Waals surface area contributed by atoms with Crippen molar-refractivity contribution in [2.24, 2.45) is 0 Å². The maximum Gasteiger partial charge on any atom is 1.00 e. The van der Waals surface area contributed by atoms with Gasteiger partial charge in [0.2, 0.25) is 0 Å².